The van der Waals surface area contributed by atoms with Crippen LogP contribution in [0, 0.1) is 10.1 Å². The third-order valence-corrected chi connectivity index (χ3v) is 3.71. The first kappa shape index (κ1) is 19.9. The van der Waals surface area contributed by atoms with Crippen molar-refractivity contribution in [1.29, 1.82) is 0 Å². The van der Waals surface area contributed by atoms with E-state index in [-0.39, 0.29) is 35.3 Å². The first-order valence-corrected chi connectivity index (χ1v) is 7.61. The number of non-ortho nitro benzene ring substituents is 1. The lowest BCUT2D eigenvalue weighted by Gasteiger charge is -2.17. The molecule has 2 aromatic rings. The lowest BCUT2D eigenvalue weighted by molar-refractivity contribution is -0.384. The maximum atomic E-state index is 12.1. The molecule has 0 aliphatic carbocycles. The van der Waals surface area contributed by atoms with E-state index in [1.165, 1.54) is 18.2 Å². The third kappa shape index (κ3) is 4.65. The van der Waals surface area contributed by atoms with Crippen LogP contribution < -0.4 is 17.7 Å². The highest BCUT2D eigenvalue weighted by molar-refractivity contribution is 6.04. The molecule has 0 saturated carbocycles. The molecule has 0 saturated heterocycles. The molecule has 9 heteroatoms. The summed E-state index contributed by atoms with van der Waals surface area (Å²) in [6, 6.07) is 4.07. The van der Waals surface area contributed by atoms with Crippen LogP contribution in [0.25, 0.3) is 11.0 Å². The first-order chi connectivity index (χ1) is 11.1. The van der Waals surface area contributed by atoms with Crippen LogP contribution >= 0.6 is 0 Å². The first-order valence-electron chi connectivity index (χ1n) is 7.61. The molecule has 0 unspecified atom stereocenters. The van der Waals surface area contributed by atoms with Crippen LogP contribution in [0.3, 0.4) is 0 Å². The normalized spacial score (nSPS) is 10.6. The Morgan fingerprint density at radius 3 is 2.71 bits per heavy atom. The van der Waals surface area contributed by atoms with E-state index in [9.17, 15) is 14.9 Å². The van der Waals surface area contributed by atoms with Gasteiger partial charge in [-0.15, -0.1) is 0 Å². The Morgan fingerprint density at radius 1 is 1.38 bits per heavy atom. The van der Waals surface area contributed by atoms with Gasteiger partial charge >= 0.3 is 0 Å². The summed E-state index contributed by atoms with van der Waals surface area (Å²) in [5, 5.41) is 17.7. The Morgan fingerprint density at radius 2 is 2.08 bits per heavy atom. The predicted octanol–water partition coefficient (Wildman–Crippen LogP) is -0.798. The zero-order valence-electron chi connectivity index (χ0n) is 13.6. The van der Waals surface area contributed by atoms with Crippen molar-refractivity contribution in [1.82, 2.24) is 15.4 Å². The fraction of sp³-hybridized carbons (Fsp3) is 0.467. The quantitative estimate of drug-likeness (QED) is 0.378. The zero-order chi connectivity index (χ0) is 16.8. The van der Waals surface area contributed by atoms with Gasteiger partial charge in [0, 0.05) is 12.6 Å². The molecule has 1 N–H and O–H groups in total. The van der Waals surface area contributed by atoms with Crippen LogP contribution in [0.2, 0.25) is 0 Å². The van der Waals surface area contributed by atoms with Gasteiger partial charge < -0.3 is 27.1 Å². The van der Waals surface area contributed by atoms with E-state index >= 15 is 0 Å². The molecule has 0 atom stereocenters. The summed E-state index contributed by atoms with van der Waals surface area (Å²) in [4.78, 5) is 24.6. The van der Waals surface area contributed by atoms with Crippen LogP contribution in [-0.4, -0.2) is 47.1 Å². The minimum absolute atomic E-state index is 0. The molecule has 2 rings (SSSR count). The molecule has 0 bridgehead atoms. The highest BCUT2D eigenvalue weighted by atomic mass is 35.5. The number of halogens is 1. The second-order valence-electron chi connectivity index (χ2n) is 5.11. The van der Waals surface area contributed by atoms with Gasteiger partial charge in [-0.3, -0.25) is 14.9 Å². The van der Waals surface area contributed by atoms with Crippen molar-refractivity contribution in [2.75, 3.05) is 26.2 Å². The molecule has 1 aromatic heterocycles. The van der Waals surface area contributed by atoms with Gasteiger partial charge in [0.15, 0.2) is 11.3 Å². The lowest BCUT2D eigenvalue weighted by Crippen LogP contribution is -3.00. The van der Waals surface area contributed by atoms with Crippen molar-refractivity contribution in [3.8, 4) is 0 Å². The number of aromatic nitrogens is 1. The fourth-order valence-corrected chi connectivity index (χ4v) is 2.33. The van der Waals surface area contributed by atoms with E-state index < -0.39 is 4.92 Å². The number of nitrogens with zero attached hydrogens (tertiary/aromatic N) is 3. The minimum atomic E-state index is -0.519. The standard InChI is InChI=1S/C15H20N4O4.ClH/c1-3-18(4-2)9-5-8-16-15(20)14-12-7-6-11(19(21)22)10-13(12)23-17-14;/h6-7,10H,3-5,8-9H2,1-2H3,(H,16,20);1H/p-1. The van der Waals surface area contributed by atoms with Crippen molar-refractivity contribution in [3.05, 3.63) is 34.0 Å². The number of nitro groups is 1. The lowest BCUT2D eigenvalue weighted by atomic mass is 10.2. The molecule has 1 aromatic carbocycles. The van der Waals surface area contributed by atoms with Crippen molar-refractivity contribution >= 4 is 22.6 Å². The van der Waals surface area contributed by atoms with Crippen molar-refractivity contribution < 1.29 is 26.6 Å². The molecule has 8 nitrogen and oxygen atoms in total. The second kappa shape index (κ2) is 9.19. The largest absolute Gasteiger partial charge is 1.00 e. The van der Waals surface area contributed by atoms with Gasteiger partial charge in [0.05, 0.1) is 16.4 Å². The number of benzene rings is 1. The highest BCUT2D eigenvalue weighted by Gasteiger charge is 2.18. The van der Waals surface area contributed by atoms with Crippen molar-refractivity contribution in [3.63, 3.8) is 0 Å². The topological polar surface area (TPSA) is 102 Å². The van der Waals surface area contributed by atoms with Gasteiger partial charge in [-0.1, -0.05) is 19.0 Å². The van der Waals surface area contributed by atoms with Crippen LogP contribution in [0.5, 0.6) is 0 Å². The Kier molecular flexibility index (Phi) is 7.60. The van der Waals surface area contributed by atoms with Gasteiger partial charge in [-0.25, -0.2) is 0 Å². The number of hydrogen-bond acceptors (Lipinski definition) is 6. The highest BCUT2D eigenvalue weighted by Crippen LogP contribution is 2.23. The molecule has 0 radical (unpaired) electrons. The van der Waals surface area contributed by atoms with Gasteiger partial charge in [-0.2, -0.15) is 0 Å². The number of nitrogens with one attached hydrogen (secondary N) is 1. The number of carbonyl (C=O) groups is 1. The molecular weight excluding hydrogens is 336 g/mol. The van der Waals surface area contributed by atoms with E-state index in [1.54, 1.807) is 0 Å². The summed E-state index contributed by atoms with van der Waals surface area (Å²) < 4.78 is 5.02. The summed E-state index contributed by atoms with van der Waals surface area (Å²) in [7, 11) is 0. The molecule has 24 heavy (non-hydrogen) atoms. The number of fused-ring (bicyclic) bond motifs is 1. The Labute approximate surface area is 145 Å². The molecule has 0 aliphatic heterocycles. The van der Waals surface area contributed by atoms with Crippen molar-refractivity contribution in [2.45, 2.75) is 20.3 Å². The summed E-state index contributed by atoms with van der Waals surface area (Å²) in [5.74, 6) is -0.336. The van der Waals surface area contributed by atoms with Crippen LogP contribution in [0.15, 0.2) is 22.7 Å². The smallest absolute Gasteiger partial charge is 0.274 e. The van der Waals surface area contributed by atoms with Gasteiger partial charge in [-0.05, 0) is 32.1 Å². The molecule has 1 heterocycles. The number of nitro benzene ring substituents is 1. The Bertz CT molecular complexity index is 700. The zero-order valence-corrected chi connectivity index (χ0v) is 14.4. The van der Waals surface area contributed by atoms with E-state index in [2.05, 4.69) is 29.2 Å². The number of amides is 1. The Hall–Kier alpha value is -2.19. The third-order valence-electron chi connectivity index (χ3n) is 3.71. The molecule has 0 fully saturated rings. The average Bonchev–Trinajstić information content (AvgIpc) is 2.98. The van der Waals surface area contributed by atoms with Crippen molar-refractivity contribution in [2.24, 2.45) is 0 Å². The maximum absolute atomic E-state index is 12.1. The molecule has 132 valence electrons. The average molecular weight is 356 g/mol. The number of hydrogen-bond donors (Lipinski definition) is 1. The SMILES string of the molecule is CCN(CC)CCCNC(=O)c1noc2cc([N+](=O)[O-])ccc12.[Cl-]. The van der Waals surface area contributed by atoms with Crippen LogP contribution in [-0.2, 0) is 0 Å². The van der Waals surface area contributed by atoms with E-state index in [4.69, 9.17) is 4.52 Å². The summed E-state index contributed by atoms with van der Waals surface area (Å²) in [6.07, 6.45) is 0.842. The summed E-state index contributed by atoms with van der Waals surface area (Å²) in [6.45, 7) is 7.62. The molecule has 1 amide bonds. The fourth-order valence-electron chi connectivity index (χ4n) is 2.33. The Balaban J connectivity index is 0.00000288. The predicted molar refractivity (Wildman–Crippen MR) is 85.4 cm³/mol. The van der Waals surface area contributed by atoms with E-state index in [0.29, 0.717) is 11.9 Å². The molecule has 0 spiro atoms. The molecular formula is C15H20ClN4O4-. The second-order valence-corrected chi connectivity index (χ2v) is 5.11. The van der Waals surface area contributed by atoms with Gasteiger partial charge in [0.1, 0.15) is 0 Å². The maximum Gasteiger partial charge on any atom is 0.274 e. The number of carbonyl (C=O) groups excluding carboxylic acids is 1. The monoisotopic (exact) mass is 355 g/mol. The van der Waals surface area contributed by atoms with E-state index in [0.717, 1.165) is 26.1 Å². The van der Waals surface area contributed by atoms with Gasteiger partial charge in [0.2, 0.25) is 0 Å². The van der Waals surface area contributed by atoms with Crippen LogP contribution in [0.1, 0.15) is 30.8 Å². The van der Waals surface area contributed by atoms with E-state index in [1.807, 2.05) is 0 Å². The van der Waals surface area contributed by atoms with Gasteiger partial charge in [0.25, 0.3) is 11.6 Å². The molecule has 0 aliphatic rings. The van der Waals surface area contributed by atoms with Crippen LogP contribution in [0.4, 0.5) is 5.69 Å². The number of rotatable bonds is 8. The summed E-state index contributed by atoms with van der Waals surface area (Å²) in [5.41, 5.74) is 0.282. The minimum Gasteiger partial charge on any atom is -1.00 e. The summed E-state index contributed by atoms with van der Waals surface area (Å²) >= 11 is 0.